The number of alkyl halides is 1. The highest BCUT2D eigenvalue weighted by Gasteiger charge is 2.44. The first-order valence-corrected chi connectivity index (χ1v) is 9.76. The molecule has 1 atom stereocenters. The highest BCUT2D eigenvalue weighted by molar-refractivity contribution is 14.1. The molecule has 1 aliphatic heterocycles. The second kappa shape index (κ2) is 6.62. The number of hydrogen-bond acceptors (Lipinski definition) is 4. The smallest absolute Gasteiger partial charge is 0.244 e. The van der Waals surface area contributed by atoms with Crippen molar-refractivity contribution in [2.75, 3.05) is 20.3 Å². The normalized spacial score (nSPS) is 23.5. The van der Waals surface area contributed by atoms with Crippen molar-refractivity contribution in [1.82, 2.24) is 4.31 Å². The average molecular weight is 439 g/mol. The molecule has 0 saturated carbocycles. The molecule has 1 aromatic carbocycles. The molecule has 0 aliphatic carbocycles. The number of methoxy groups -OCH3 is 1. The minimum absolute atomic E-state index is 0.180. The second-order valence-corrected chi connectivity index (χ2v) is 9.51. The van der Waals surface area contributed by atoms with Crippen LogP contribution in [0.15, 0.2) is 17.0 Å². The number of sulfonamides is 1. The number of benzene rings is 1. The standard InChI is InChI=1S/C15H22INO4S/c1-11-8-13(21-3)9-12(2)14(11)22(19,20)17-7-5-4-6-15(17,16)10-18/h8-9,18H,4-7,10H2,1-3H3. The molecule has 0 spiro atoms. The highest BCUT2D eigenvalue weighted by Crippen LogP contribution is 2.40. The molecule has 1 aromatic rings. The molecule has 1 fully saturated rings. The van der Waals surface area contributed by atoms with Gasteiger partial charge in [-0.1, -0.05) is 22.6 Å². The summed E-state index contributed by atoms with van der Waals surface area (Å²) >= 11 is 2.08. The summed E-state index contributed by atoms with van der Waals surface area (Å²) in [5, 5.41) is 9.72. The Balaban J connectivity index is 2.55. The molecule has 124 valence electrons. The Kier molecular flexibility index (Phi) is 5.41. The lowest BCUT2D eigenvalue weighted by molar-refractivity contribution is 0.143. The molecule has 0 bridgehead atoms. The Bertz CT molecular complexity index is 639. The molecule has 1 saturated heterocycles. The molecule has 22 heavy (non-hydrogen) atoms. The monoisotopic (exact) mass is 439 g/mol. The molecule has 0 aromatic heterocycles. The van der Waals surface area contributed by atoms with Gasteiger partial charge in [-0.2, -0.15) is 4.31 Å². The summed E-state index contributed by atoms with van der Waals surface area (Å²) in [5.74, 6) is 0.649. The predicted octanol–water partition coefficient (Wildman–Crippen LogP) is 2.61. The quantitative estimate of drug-likeness (QED) is 0.445. The third-order valence-electron chi connectivity index (χ3n) is 4.08. The van der Waals surface area contributed by atoms with Gasteiger partial charge in [0, 0.05) is 6.54 Å². The highest BCUT2D eigenvalue weighted by atomic mass is 127. The van der Waals surface area contributed by atoms with Crippen LogP contribution in [-0.4, -0.2) is 41.6 Å². The lowest BCUT2D eigenvalue weighted by atomic mass is 10.1. The molecule has 1 N–H and O–H groups in total. The molecular weight excluding hydrogens is 417 g/mol. The van der Waals surface area contributed by atoms with Gasteiger partial charge in [0.1, 0.15) is 9.30 Å². The first-order valence-electron chi connectivity index (χ1n) is 7.24. The largest absolute Gasteiger partial charge is 0.497 e. The number of ether oxygens (including phenoxy) is 1. The number of piperidine rings is 1. The zero-order valence-electron chi connectivity index (χ0n) is 13.1. The van der Waals surface area contributed by atoms with Crippen molar-refractivity contribution in [3.63, 3.8) is 0 Å². The fourth-order valence-electron chi connectivity index (χ4n) is 3.02. The van der Waals surface area contributed by atoms with Crippen LogP contribution in [0.1, 0.15) is 30.4 Å². The maximum Gasteiger partial charge on any atom is 0.244 e. The minimum Gasteiger partial charge on any atom is -0.497 e. The van der Waals surface area contributed by atoms with Gasteiger partial charge in [-0.25, -0.2) is 8.42 Å². The molecule has 2 rings (SSSR count). The number of nitrogens with zero attached hydrogens (tertiary/aromatic N) is 1. The summed E-state index contributed by atoms with van der Waals surface area (Å²) in [7, 11) is -2.09. The van der Waals surface area contributed by atoms with Crippen LogP contribution >= 0.6 is 22.6 Å². The van der Waals surface area contributed by atoms with Crippen LogP contribution in [0.5, 0.6) is 5.75 Å². The van der Waals surface area contributed by atoms with Crippen LogP contribution in [0.4, 0.5) is 0 Å². The Labute approximate surface area is 145 Å². The van der Waals surface area contributed by atoms with E-state index in [4.69, 9.17) is 4.74 Å². The third-order valence-corrected chi connectivity index (χ3v) is 8.14. The SMILES string of the molecule is COc1cc(C)c(S(=O)(=O)N2CCCCC2(I)CO)c(C)c1. The Morgan fingerprint density at radius 1 is 1.32 bits per heavy atom. The first-order chi connectivity index (χ1) is 10.3. The topological polar surface area (TPSA) is 66.8 Å². The van der Waals surface area contributed by atoms with E-state index in [2.05, 4.69) is 22.6 Å². The average Bonchev–Trinajstić information content (AvgIpc) is 2.46. The molecule has 0 radical (unpaired) electrons. The number of aryl methyl sites for hydroxylation is 2. The Hall–Kier alpha value is -0.380. The van der Waals surface area contributed by atoms with Crippen molar-refractivity contribution in [1.29, 1.82) is 0 Å². The van der Waals surface area contributed by atoms with Gasteiger partial charge in [-0.05, 0) is 56.4 Å². The fraction of sp³-hybridized carbons (Fsp3) is 0.600. The van der Waals surface area contributed by atoms with Crippen LogP contribution in [0.2, 0.25) is 0 Å². The number of aliphatic hydroxyl groups is 1. The minimum atomic E-state index is -3.66. The van der Waals surface area contributed by atoms with Crippen molar-refractivity contribution in [3.05, 3.63) is 23.3 Å². The van der Waals surface area contributed by atoms with Gasteiger partial charge in [0.2, 0.25) is 10.0 Å². The van der Waals surface area contributed by atoms with E-state index >= 15 is 0 Å². The Morgan fingerprint density at radius 3 is 2.41 bits per heavy atom. The number of hydrogen-bond donors (Lipinski definition) is 1. The van der Waals surface area contributed by atoms with Crippen molar-refractivity contribution in [3.8, 4) is 5.75 Å². The van der Waals surface area contributed by atoms with E-state index in [0.717, 1.165) is 12.8 Å². The van der Waals surface area contributed by atoms with Crippen molar-refractivity contribution >= 4 is 32.6 Å². The van der Waals surface area contributed by atoms with Crippen molar-refractivity contribution < 1.29 is 18.3 Å². The van der Waals surface area contributed by atoms with E-state index in [0.29, 0.717) is 34.7 Å². The lowest BCUT2D eigenvalue weighted by Crippen LogP contribution is -2.52. The van der Waals surface area contributed by atoms with Crippen molar-refractivity contribution in [2.45, 2.75) is 41.6 Å². The number of aliphatic hydroxyl groups excluding tert-OH is 1. The van der Waals surface area contributed by atoms with Gasteiger partial charge in [0.15, 0.2) is 0 Å². The van der Waals surface area contributed by atoms with E-state index in [-0.39, 0.29) is 6.61 Å². The zero-order valence-corrected chi connectivity index (χ0v) is 16.1. The van der Waals surface area contributed by atoms with Crippen LogP contribution in [-0.2, 0) is 10.0 Å². The summed E-state index contributed by atoms with van der Waals surface area (Å²) in [5.41, 5.74) is 1.33. The summed E-state index contributed by atoms with van der Waals surface area (Å²) in [6.07, 6.45) is 2.41. The first kappa shape index (κ1) is 18.0. The summed E-state index contributed by atoms with van der Waals surface area (Å²) in [6.45, 7) is 3.82. The van der Waals surface area contributed by atoms with E-state index in [9.17, 15) is 13.5 Å². The molecule has 7 heteroatoms. The van der Waals surface area contributed by atoms with Gasteiger partial charge in [0.05, 0.1) is 18.6 Å². The lowest BCUT2D eigenvalue weighted by Gasteiger charge is -2.41. The maximum absolute atomic E-state index is 13.2. The molecule has 5 nitrogen and oxygen atoms in total. The van der Waals surface area contributed by atoms with Crippen LogP contribution < -0.4 is 4.74 Å². The molecule has 1 unspecified atom stereocenters. The third kappa shape index (κ3) is 3.13. The summed E-state index contributed by atoms with van der Waals surface area (Å²) in [6, 6.07) is 3.47. The number of rotatable bonds is 4. The Morgan fingerprint density at radius 2 is 1.91 bits per heavy atom. The second-order valence-electron chi connectivity index (χ2n) is 5.70. The van der Waals surface area contributed by atoms with Crippen LogP contribution in [0, 0.1) is 13.8 Å². The predicted molar refractivity (Wildman–Crippen MR) is 94.0 cm³/mol. The van der Waals surface area contributed by atoms with Crippen LogP contribution in [0.25, 0.3) is 0 Å². The van der Waals surface area contributed by atoms with E-state index in [1.807, 2.05) is 0 Å². The molecular formula is C15H22INO4S. The van der Waals surface area contributed by atoms with Gasteiger partial charge in [-0.15, -0.1) is 0 Å². The summed E-state index contributed by atoms with van der Waals surface area (Å²) in [4.78, 5) is 0.324. The molecule has 1 aliphatic rings. The van der Waals surface area contributed by atoms with Gasteiger partial charge in [-0.3, -0.25) is 0 Å². The zero-order chi connectivity index (χ0) is 16.5. The van der Waals surface area contributed by atoms with Gasteiger partial charge < -0.3 is 9.84 Å². The van der Waals surface area contributed by atoms with E-state index in [1.165, 1.54) is 4.31 Å². The maximum atomic E-state index is 13.2. The molecule has 0 amide bonds. The molecule has 1 heterocycles. The summed E-state index contributed by atoms with van der Waals surface area (Å²) < 4.78 is 32.3. The van der Waals surface area contributed by atoms with Gasteiger partial charge in [0.25, 0.3) is 0 Å². The number of halogens is 1. The van der Waals surface area contributed by atoms with Crippen LogP contribution in [0.3, 0.4) is 0 Å². The van der Waals surface area contributed by atoms with E-state index < -0.39 is 13.6 Å². The van der Waals surface area contributed by atoms with E-state index in [1.54, 1.807) is 33.1 Å². The van der Waals surface area contributed by atoms with Gasteiger partial charge >= 0.3 is 0 Å². The van der Waals surface area contributed by atoms with Crippen molar-refractivity contribution in [2.24, 2.45) is 0 Å². The fourth-order valence-corrected chi connectivity index (χ4v) is 6.52.